The lowest BCUT2D eigenvalue weighted by Gasteiger charge is -2.19. The van der Waals surface area contributed by atoms with Crippen LogP contribution >= 0.6 is 23.2 Å². The molecular weight excluding hydrogens is 781 g/mol. The standard InChI is InChI=1S/C48H83Cl2N5O4/c1-4-7-10-13-16-19-22-25-28-31-36-57-42-39-41(45(56)51-34-35-52-48-54-46(49)53-47(50)55-48)40-43(58-37-32-29-26-23-20-17-14-11-8-5-2)44(42)59-38-33-30-27-24-21-18-15-12-9-6-3/h39-40H,4-38H2,1-3H3,(H,51,56)(H,52,53,54,55). The van der Waals surface area contributed by atoms with Crippen molar-refractivity contribution in [2.24, 2.45) is 0 Å². The van der Waals surface area contributed by atoms with Gasteiger partial charge in [0.1, 0.15) is 0 Å². The Morgan fingerprint density at radius 3 is 1.19 bits per heavy atom. The normalized spacial score (nSPS) is 11.2. The zero-order valence-electron chi connectivity index (χ0n) is 37.6. The Hall–Kier alpha value is -2.52. The summed E-state index contributed by atoms with van der Waals surface area (Å²) in [7, 11) is 0. The third-order valence-electron chi connectivity index (χ3n) is 10.8. The molecule has 0 saturated carbocycles. The van der Waals surface area contributed by atoms with E-state index in [1.165, 1.54) is 154 Å². The fourth-order valence-electron chi connectivity index (χ4n) is 7.23. The number of rotatable bonds is 41. The van der Waals surface area contributed by atoms with Gasteiger partial charge in [0, 0.05) is 18.7 Å². The van der Waals surface area contributed by atoms with Crippen LogP contribution in [0, 0.1) is 0 Å². The van der Waals surface area contributed by atoms with E-state index < -0.39 is 0 Å². The lowest BCUT2D eigenvalue weighted by atomic mass is 10.1. The van der Waals surface area contributed by atoms with Crippen molar-refractivity contribution in [1.82, 2.24) is 20.3 Å². The summed E-state index contributed by atoms with van der Waals surface area (Å²) >= 11 is 11.8. The van der Waals surface area contributed by atoms with Gasteiger partial charge >= 0.3 is 0 Å². The van der Waals surface area contributed by atoms with Crippen LogP contribution in [0.25, 0.3) is 0 Å². The Kier molecular flexibility index (Phi) is 33.2. The molecule has 1 aromatic carbocycles. The number of ether oxygens (including phenoxy) is 3. The van der Waals surface area contributed by atoms with Crippen LogP contribution in [-0.4, -0.2) is 53.8 Å². The van der Waals surface area contributed by atoms with Crippen molar-refractivity contribution in [1.29, 1.82) is 0 Å². The van der Waals surface area contributed by atoms with Gasteiger partial charge in [0.05, 0.1) is 19.8 Å². The van der Waals surface area contributed by atoms with Crippen LogP contribution in [0.3, 0.4) is 0 Å². The first-order valence-corrected chi connectivity index (χ1v) is 24.9. The minimum Gasteiger partial charge on any atom is -0.490 e. The number of anilines is 1. The third-order valence-corrected chi connectivity index (χ3v) is 11.2. The van der Waals surface area contributed by atoms with Crippen LogP contribution in [0.4, 0.5) is 5.95 Å². The molecule has 0 radical (unpaired) electrons. The van der Waals surface area contributed by atoms with Crippen molar-refractivity contribution in [2.75, 3.05) is 38.2 Å². The smallest absolute Gasteiger partial charge is 0.251 e. The molecule has 2 aromatic rings. The Morgan fingerprint density at radius 1 is 0.475 bits per heavy atom. The molecule has 11 heteroatoms. The Morgan fingerprint density at radius 2 is 0.814 bits per heavy atom. The summed E-state index contributed by atoms with van der Waals surface area (Å²) in [6.45, 7) is 9.21. The van der Waals surface area contributed by atoms with Crippen molar-refractivity contribution in [3.63, 3.8) is 0 Å². The molecule has 1 amide bonds. The number of carbonyl (C=O) groups excluding carboxylic acids is 1. The molecule has 2 N–H and O–H groups in total. The fourth-order valence-corrected chi connectivity index (χ4v) is 7.59. The quantitative estimate of drug-likeness (QED) is 0.0637. The lowest BCUT2D eigenvalue weighted by molar-refractivity contribution is 0.0954. The van der Waals surface area contributed by atoms with Gasteiger partial charge in [-0.3, -0.25) is 4.79 Å². The first-order chi connectivity index (χ1) is 29.0. The van der Waals surface area contributed by atoms with Gasteiger partial charge in [0.15, 0.2) is 11.5 Å². The van der Waals surface area contributed by atoms with Crippen molar-refractivity contribution in [3.05, 3.63) is 28.3 Å². The molecule has 0 fully saturated rings. The second-order valence-electron chi connectivity index (χ2n) is 16.3. The molecule has 0 unspecified atom stereocenters. The maximum Gasteiger partial charge on any atom is 0.251 e. The van der Waals surface area contributed by atoms with Gasteiger partial charge in [-0.1, -0.05) is 194 Å². The van der Waals surface area contributed by atoms with Crippen LogP contribution in [-0.2, 0) is 0 Å². The summed E-state index contributed by atoms with van der Waals surface area (Å²) in [4.78, 5) is 25.4. The van der Waals surface area contributed by atoms with E-state index >= 15 is 0 Å². The van der Waals surface area contributed by atoms with E-state index in [0.717, 1.165) is 38.5 Å². The van der Waals surface area contributed by atoms with Gasteiger partial charge in [0.2, 0.25) is 22.3 Å². The van der Waals surface area contributed by atoms with Gasteiger partial charge in [0.25, 0.3) is 5.91 Å². The van der Waals surface area contributed by atoms with Gasteiger partial charge in [-0.2, -0.15) is 15.0 Å². The van der Waals surface area contributed by atoms with E-state index in [1.807, 2.05) is 12.1 Å². The van der Waals surface area contributed by atoms with Crippen molar-refractivity contribution < 1.29 is 19.0 Å². The van der Waals surface area contributed by atoms with Gasteiger partial charge in [-0.15, -0.1) is 0 Å². The summed E-state index contributed by atoms with van der Waals surface area (Å²) in [6.07, 6.45) is 37.8. The van der Waals surface area contributed by atoms with Crippen molar-refractivity contribution >= 4 is 35.1 Å². The highest BCUT2D eigenvalue weighted by Gasteiger charge is 2.19. The molecule has 338 valence electrons. The van der Waals surface area contributed by atoms with Crippen LogP contribution in [0.5, 0.6) is 17.2 Å². The monoisotopic (exact) mass is 864 g/mol. The molecule has 1 heterocycles. The molecule has 2 rings (SSSR count). The number of benzene rings is 1. The van der Waals surface area contributed by atoms with Crippen molar-refractivity contribution in [3.8, 4) is 17.2 Å². The number of amides is 1. The van der Waals surface area contributed by atoms with E-state index in [-0.39, 0.29) is 22.4 Å². The third kappa shape index (κ3) is 27.9. The zero-order valence-corrected chi connectivity index (χ0v) is 39.1. The SMILES string of the molecule is CCCCCCCCCCCCOc1cc(C(=O)NCCNc2nc(Cl)nc(Cl)n2)cc(OCCCCCCCCCCCC)c1OCCCCCCCCCCCC. The molecule has 9 nitrogen and oxygen atoms in total. The Labute approximate surface area is 370 Å². The first kappa shape index (κ1) is 52.6. The number of nitrogens with zero attached hydrogens (tertiary/aromatic N) is 3. The zero-order chi connectivity index (χ0) is 42.4. The molecule has 0 spiro atoms. The second kappa shape index (κ2) is 37.3. The molecule has 0 aliphatic rings. The molecule has 1 aromatic heterocycles. The maximum atomic E-state index is 13.6. The molecule has 0 saturated heterocycles. The maximum absolute atomic E-state index is 13.6. The molecule has 59 heavy (non-hydrogen) atoms. The highest BCUT2D eigenvalue weighted by molar-refractivity contribution is 6.31. The van der Waals surface area contributed by atoms with Gasteiger partial charge in [-0.25, -0.2) is 0 Å². The van der Waals surface area contributed by atoms with E-state index in [1.54, 1.807) is 0 Å². The Balaban J connectivity index is 2.06. The molecule has 0 aliphatic carbocycles. The van der Waals surface area contributed by atoms with Crippen LogP contribution in [0.1, 0.15) is 224 Å². The highest BCUT2D eigenvalue weighted by atomic mass is 35.5. The van der Waals surface area contributed by atoms with Gasteiger partial charge in [-0.05, 0) is 54.6 Å². The largest absolute Gasteiger partial charge is 0.490 e. The minimum absolute atomic E-state index is 0.00248. The van der Waals surface area contributed by atoms with E-state index in [9.17, 15) is 4.79 Å². The average molecular weight is 865 g/mol. The number of halogens is 2. The summed E-state index contributed by atoms with van der Waals surface area (Å²) in [5.74, 6) is 1.78. The first-order valence-electron chi connectivity index (χ1n) is 24.1. The van der Waals surface area contributed by atoms with E-state index in [2.05, 4.69) is 46.4 Å². The van der Waals surface area contributed by atoms with E-state index in [4.69, 9.17) is 37.4 Å². The van der Waals surface area contributed by atoms with Crippen LogP contribution in [0.2, 0.25) is 10.6 Å². The summed E-state index contributed by atoms with van der Waals surface area (Å²) < 4.78 is 19.4. The van der Waals surface area contributed by atoms with Crippen molar-refractivity contribution in [2.45, 2.75) is 213 Å². The molecule has 0 atom stereocenters. The van der Waals surface area contributed by atoms with Crippen LogP contribution in [0.15, 0.2) is 12.1 Å². The minimum atomic E-state index is -0.229. The number of aromatic nitrogens is 3. The number of carbonyl (C=O) groups is 1. The number of hydrogen-bond acceptors (Lipinski definition) is 8. The summed E-state index contributed by atoms with van der Waals surface area (Å²) in [6, 6.07) is 3.62. The molecular formula is C48H83Cl2N5O4. The fraction of sp³-hybridized carbons (Fsp3) is 0.792. The molecule has 0 bridgehead atoms. The van der Waals surface area contributed by atoms with Gasteiger partial charge < -0.3 is 24.8 Å². The van der Waals surface area contributed by atoms with Crippen LogP contribution < -0.4 is 24.8 Å². The summed E-state index contributed by atoms with van der Waals surface area (Å²) in [5, 5.41) is 6.03. The van der Waals surface area contributed by atoms with E-state index in [0.29, 0.717) is 55.7 Å². The number of nitrogens with one attached hydrogen (secondary N) is 2. The second-order valence-corrected chi connectivity index (χ2v) is 16.9. The predicted octanol–water partition coefficient (Wildman–Crippen LogP) is 14.9. The average Bonchev–Trinajstić information content (AvgIpc) is 3.22. The number of unbranched alkanes of at least 4 members (excludes halogenated alkanes) is 27. The predicted molar refractivity (Wildman–Crippen MR) is 249 cm³/mol. The highest BCUT2D eigenvalue weighted by Crippen LogP contribution is 2.40. The topological polar surface area (TPSA) is 107 Å². The Bertz CT molecular complexity index is 1250. The number of hydrogen-bond donors (Lipinski definition) is 2. The summed E-state index contributed by atoms with van der Waals surface area (Å²) in [5.41, 5.74) is 0.471. The molecule has 0 aliphatic heterocycles. The lowest BCUT2D eigenvalue weighted by Crippen LogP contribution is -2.29.